The molecule has 0 radical (unpaired) electrons. The van der Waals surface area contributed by atoms with Crippen LogP contribution in [-0.2, 0) is 0 Å². The van der Waals surface area contributed by atoms with E-state index in [-0.39, 0.29) is 0 Å². The first kappa shape index (κ1) is 26.4. The fourth-order valence-electron chi connectivity index (χ4n) is 6.54. The van der Waals surface area contributed by atoms with Crippen LogP contribution in [0.2, 0.25) is 0 Å². The van der Waals surface area contributed by atoms with Gasteiger partial charge >= 0.3 is 0 Å². The predicted molar refractivity (Wildman–Crippen MR) is 197 cm³/mol. The molecule has 0 spiro atoms. The van der Waals surface area contributed by atoms with Gasteiger partial charge in [0.05, 0.1) is 45.6 Å². The van der Waals surface area contributed by atoms with E-state index in [1.165, 1.54) is 0 Å². The SMILES string of the molecule is C1=Cc2cc3ccc([nH]3)c(-c3c4nc(cc5ccc(cc6nc(cc7ccc3[nH]7)C=C6)[nH]5)C=C4)c3nc(cc4ccc(cc1n2)[nH]4)C=C3. The van der Waals surface area contributed by atoms with E-state index in [1.807, 2.05) is 36.4 Å². The first-order valence-electron chi connectivity index (χ1n) is 15.8. The van der Waals surface area contributed by atoms with Crippen LogP contribution in [0.4, 0.5) is 0 Å². The summed E-state index contributed by atoms with van der Waals surface area (Å²) in [6.07, 6.45) is 16.4. The molecule has 0 atom stereocenters. The van der Waals surface area contributed by atoms with Crippen molar-refractivity contribution in [1.82, 2.24) is 39.9 Å². The third-order valence-corrected chi connectivity index (χ3v) is 8.69. The van der Waals surface area contributed by atoms with E-state index in [0.29, 0.717) is 0 Å². The largest absolute Gasteiger partial charge is 0.355 e. The third kappa shape index (κ3) is 4.80. The average Bonchev–Trinajstić information content (AvgIpc) is 3.91. The molecule has 10 rings (SSSR count). The van der Waals surface area contributed by atoms with E-state index < -0.39 is 0 Å². The van der Waals surface area contributed by atoms with Gasteiger partial charge in [0, 0.05) is 55.3 Å². The number of aromatic amines is 4. The smallest absolute Gasteiger partial charge is 0.0738 e. The number of nitrogens with one attached hydrogen (secondary N) is 4. The molecule has 0 aromatic carbocycles. The van der Waals surface area contributed by atoms with Gasteiger partial charge in [-0.3, -0.25) is 0 Å². The van der Waals surface area contributed by atoms with Crippen LogP contribution in [0.5, 0.6) is 0 Å². The fourth-order valence-corrected chi connectivity index (χ4v) is 6.54. The van der Waals surface area contributed by atoms with Crippen molar-refractivity contribution in [2.75, 3.05) is 0 Å². The Balaban J connectivity index is 1.33. The summed E-state index contributed by atoms with van der Waals surface area (Å²) in [5.41, 5.74) is 16.4. The van der Waals surface area contributed by atoms with Gasteiger partial charge in [0.25, 0.3) is 0 Å². The Bertz CT molecular complexity index is 2600. The molecule has 8 nitrogen and oxygen atoms in total. The Hall–Kier alpha value is -6.80. The molecule has 0 saturated carbocycles. The molecular formula is C40H26N8. The van der Waals surface area contributed by atoms with Gasteiger partial charge < -0.3 is 19.9 Å². The summed E-state index contributed by atoms with van der Waals surface area (Å²) in [5, 5.41) is 0. The molecule has 4 N–H and O–H groups in total. The molecule has 4 aliphatic heterocycles. The summed E-state index contributed by atoms with van der Waals surface area (Å²) in [7, 11) is 0. The van der Waals surface area contributed by atoms with Crippen molar-refractivity contribution in [3.8, 4) is 11.1 Å². The molecule has 16 bridgehead atoms. The summed E-state index contributed by atoms with van der Waals surface area (Å²) in [4.78, 5) is 34.3. The quantitative estimate of drug-likeness (QED) is 0.147. The van der Waals surface area contributed by atoms with E-state index in [4.69, 9.17) is 19.9 Å². The molecule has 0 amide bonds. The van der Waals surface area contributed by atoms with Crippen LogP contribution in [-0.4, -0.2) is 39.9 Å². The summed E-state index contributed by atoms with van der Waals surface area (Å²) < 4.78 is 0. The minimum Gasteiger partial charge on any atom is -0.355 e. The Morgan fingerprint density at radius 2 is 0.583 bits per heavy atom. The Morgan fingerprint density at radius 3 is 0.958 bits per heavy atom. The maximum Gasteiger partial charge on any atom is 0.0738 e. The van der Waals surface area contributed by atoms with Crippen molar-refractivity contribution < 1.29 is 0 Å². The van der Waals surface area contributed by atoms with Crippen molar-refractivity contribution in [1.29, 1.82) is 0 Å². The number of H-pyrrole nitrogens is 4. The second kappa shape index (κ2) is 10.4. The van der Waals surface area contributed by atoms with E-state index in [9.17, 15) is 0 Å². The van der Waals surface area contributed by atoms with Gasteiger partial charge in [0.1, 0.15) is 0 Å². The Kier molecular flexibility index (Phi) is 5.71. The van der Waals surface area contributed by atoms with E-state index in [0.717, 1.165) is 101 Å². The van der Waals surface area contributed by atoms with Crippen LogP contribution >= 0.6 is 0 Å². The summed E-state index contributed by atoms with van der Waals surface area (Å²) in [6, 6.07) is 28.9. The van der Waals surface area contributed by atoms with Gasteiger partial charge in [-0.25, -0.2) is 19.9 Å². The minimum atomic E-state index is 0.832. The summed E-state index contributed by atoms with van der Waals surface area (Å²) >= 11 is 0. The molecule has 8 heteroatoms. The summed E-state index contributed by atoms with van der Waals surface area (Å²) in [6.45, 7) is 0. The molecule has 0 fully saturated rings. The second-order valence-corrected chi connectivity index (χ2v) is 12.1. The number of hydrogen-bond acceptors (Lipinski definition) is 4. The molecule has 4 aliphatic rings. The lowest BCUT2D eigenvalue weighted by Crippen LogP contribution is -1.90. The number of rotatable bonds is 1. The van der Waals surface area contributed by atoms with Crippen LogP contribution in [0.15, 0.2) is 84.9 Å². The van der Waals surface area contributed by atoms with Gasteiger partial charge in [-0.1, -0.05) is 0 Å². The highest BCUT2D eigenvalue weighted by atomic mass is 14.8. The lowest BCUT2D eigenvalue weighted by atomic mass is 10.0. The maximum absolute atomic E-state index is 5.16. The molecule has 0 saturated heterocycles. The number of aromatic nitrogens is 8. The standard InChI is InChI=1S/C40H26N8/c1-5-27-19-31-9-13-35(45-31)39(36-14-10-32(46-36)20-28-6-2-24(42-28)17-23(1)41-27)40-37-15-11-33(47-37)21-29-7-3-25(43-29)18-26-4-8-30(44-26)22-34-12-16-38(40)48-34/h1-22,41,43,46,48H. The Morgan fingerprint density at radius 1 is 0.292 bits per heavy atom. The van der Waals surface area contributed by atoms with Crippen LogP contribution < -0.4 is 0 Å². The van der Waals surface area contributed by atoms with Crippen LogP contribution in [0.25, 0.3) is 104 Å². The topological polar surface area (TPSA) is 115 Å². The van der Waals surface area contributed by atoms with Gasteiger partial charge in [0.2, 0.25) is 0 Å². The zero-order valence-corrected chi connectivity index (χ0v) is 25.5. The highest BCUT2D eigenvalue weighted by Crippen LogP contribution is 2.36. The second-order valence-electron chi connectivity index (χ2n) is 12.1. The lowest BCUT2D eigenvalue weighted by molar-refractivity contribution is 1.29. The zero-order chi connectivity index (χ0) is 31.6. The van der Waals surface area contributed by atoms with Gasteiger partial charge in [-0.15, -0.1) is 0 Å². The van der Waals surface area contributed by atoms with Crippen molar-refractivity contribution >= 4 is 92.7 Å². The monoisotopic (exact) mass is 618 g/mol. The first-order valence-corrected chi connectivity index (χ1v) is 15.8. The number of fused-ring (bicyclic) bond motifs is 16. The van der Waals surface area contributed by atoms with Gasteiger partial charge in [-0.05, 0) is 134 Å². The fraction of sp³-hybridized carbons (Fsp3) is 0. The van der Waals surface area contributed by atoms with Gasteiger partial charge in [0.15, 0.2) is 0 Å². The van der Waals surface area contributed by atoms with Crippen LogP contribution in [0, 0.1) is 0 Å². The molecule has 0 unspecified atom stereocenters. The zero-order valence-electron chi connectivity index (χ0n) is 25.5. The lowest BCUT2D eigenvalue weighted by Gasteiger charge is -2.06. The predicted octanol–water partition coefficient (Wildman–Crippen LogP) is 9.29. The molecule has 48 heavy (non-hydrogen) atoms. The average molecular weight is 619 g/mol. The molecule has 10 heterocycles. The van der Waals surface area contributed by atoms with E-state index in [1.54, 1.807) is 0 Å². The van der Waals surface area contributed by atoms with Crippen molar-refractivity contribution in [2.45, 2.75) is 0 Å². The van der Waals surface area contributed by atoms with Crippen LogP contribution in [0.1, 0.15) is 45.6 Å². The molecule has 226 valence electrons. The maximum atomic E-state index is 5.16. The van der Waals surface area contributed by atoms with E-state index >= 15 is 0 Å². The molecule has 6 aromatic heterocycles. The summed E-state index contributed by atoms with van der Waals surface area (Å²) in [5.74, 6) is 0. The van der Waals surface area contributed by atoms with Crippen molar-refractivity contribution in [2.24, 2.45) is 0 Å². The normalized spacial score (nSPS) is 13.1. The number of hydrogen-bond donors (Lipinski definition) is 4. The van der Waals surface area contributed by atoms with E-state index in [2.05, 4.69) is 117 Å². The minimum absolute atomic E-state index is 0.832. The van der Waals surface area contributed by atoms with Crippen molar-refractivity contribution in [3.05, 3.63) is 130 Å². The van der Waals surface area contributed by atoms with Crippen molar-refractivity contribution in [3.63, 3.8) is 0 Å². The number of nitrogens with zero attached hydrogens (tertiary/aromatic N) is 4. The Labute approximate surface area is 273 Å². The van der Waals surface area contributed by atoms with Crippen LogP contribution in [0.3, 0.4) is 0 Å². The highest BCUT2D eigenvalue weighted by molar-refractivity contribution is 6.00. The highest BCUT2D eigenvalue weighted by Gasteiger charge is 2.18. The molecule has 0 aliphatic carbocycles. The van der Waals surface area contributed by atoms with Gasteiger partial charge in [-0.2, -0.15) is 0 Å². The third-order valence-electron chi connectivity index (χ3n) is 8.69. The molecule has 6 aromatic rings. The first-order chi connectivity index (χ1) is 23.6. The molecular weight excluding hydrogens is 592 g/mol.